The zero-order valence-electron chi connectivity index (χ0n) is 16.4. The normalized spacial score (nSPS) is 17.9. The molecular weight excluding hydrogens is 422 g/mol. The van der Waals surface area contributed by atoms with E-state index < -0.39 is 5.82 Å². The van der Waals surface area contributed by atoms with Crippen molar-refractivity contribution in [3.63, 3.8) is 0 Å². The van der Waals surface area contributed by atoms with Crippen LogP contribution in [0.5, 0.6) is 0 Å². The number of carbonyl (C=O) groups is 2. The predicted molar refractivity (Wildman–Crippen MR) is 116 cm³/mol. The van der Waals surface area contributed by atoms with Gasteiger partial charge in [-0.2, -0.15) is 0 Å². The Hall–Kier alpha value is -1.45. The molecule has 164 valence electrons. The van der Waals surface area contributed by atoms with Crippen LogP contribution < -0.4 is 16.0 Å². The lowest BCUT2D eigenvalue weighted by Gasteiger charge is -2.31. The van der Waals surface area contributed by atoms with Crippen molar-refractivity contribution in [3.8, 4) is 0 Å². The number of halogens is 3. The molecule has 0 aromatic heterocycles. The molecule has 10 heteroatoms. The summed E-state index contributed by atoms with van der Waals surface area (Å²) in [6.07, 6.45) is 0.280. The quantitative estimate of drug-likeness (QED) is 0.592. The summed E-state index contributed by atoms with van der Waals surface area (Å²) in [5, 5.41) is 8.56. The van der Waals surface area contributed by atoms with E-state index in [1.165, 1.54) is 18.2 Å². The van der Waals surface area contributed by atoms with Crippen molar-refractivity contribution >= 4 is 48.0 Å². The minimum Gasteiger partial charge on any atom is -0.379 e. The van der Waals surface area contributed by atoms with E-state index in [0.29, 0.717) is 31.4 Å². The van der Waals surface area contributed by atoms with Crippen LogP contribution in [0.2, 0.25) is 0 Å². The van der Waals surface area contributed by atoms with E-state index in [1.54, 1.807) is 0 Å². The van der Waals surface area contributed by atoms with Gasteiger partial charge >= 0.3 is 0 Å². The Balaban J connectivity index is 0.00000210. The van der Waals surface area contributed by atoms with Crippen LogP contribution in [0.15, 0.2) is 18.2 Å². The number of rotatable bonds is 7. The van der Waals surface area contributed by atoms with Crippen LogP contribution in [0.1, 0.15) is 13.3 Å². The first-order valence-electron chi connectivity index (χ1n) is 9.44. The van der Waals surface area contributed by atoms with E-state index >= 15 is 0 Å². The average molecular weight is 451 g/mol. The summed E-state index contributed by atoms with van der Waals surface area (Å²) in [4.78, 5) is 26.6. The molecule has 2 aliphatic rings. The minimum absolute atomic E-state index is 0. The maximum Gasteiger partial charge on any atom is 0.227 e. The van der Waals surface area contributed by atoms with Gasteiger partial charge in [-0.3, -0.25) is 14.5 Å². The fourth-order valence-electron chi connectivity index (χ4n) is 3.13. The van der Waals surface area contributed by atoms with Crippen LogP contribution >= 0.6 is 24.8 Å². The standard InChI is InChI=1S/C19H27FN4O3.2ClH/c1-13(14-11-21-12-14)19(26)22-15-2-3-16(20)17(10-15)23-18(25)4-5-24-6-8-27-9-7-24;;/h2-3,10,13-14,21H,4-9,11-12H2,1H3,(H,22,26)(H,23,25);2*1H. The highest BCUT2D eigenvalue weighted by molar-refractivity contribution is 5.95. The fourth-order valence-corrected chi connectivity index (χ4v) is 3.13. The maximum absolute atomic E-state index is 14.1. The first-order chi connectivity index (χ1) is 13.0. The second kappa shape index (κ2) is 12.3. The summed E-state index contributed by atoms with van der Waals surface area (Å²) in [5.74, 6) is -0.674. The Labute approximate surface area is 182 Å². The van der Waals surface area contributed by atoms with Gasteiger partial charge in [0.25, 0.3) is 0 Å². The van der Waals surface area contributed by atoms with Crippen molar-refractivity contribution in [2.75, 3.05) is 56.6 Å². The lowest BCUT2D eigenvalue weighted by molar-refractivity contribution is -0.121. The molecule has 1 unspecified atom stereocenters. The topological polar surface area (TPSA) is 82.7 Å². The van der Waals surface area contributed by atoms with Crippen molar-refractivity contribution < 1.29 is 18.7 Å². The molecule has 3 rings (SSSR count). The molecule has 2 fully saturated rings. The van der Waals surface area contributed by atoms with Gasteiger partial charge in [-0.05, 0) is 37.2 Å². The van der Waals surface area contributed by atoms with Crippen LogP contribution in [-0.2, 0) is 14.3 Å². The SMILES string of the molecule is CC(C(=O)Nc1ccc(F)c(NC(=O)CCN2CCOCC2)c1)C1CNC1.Cl.Cl. The molecule has 2 amide bonds. The Bertz CT molecular complexity index is 685. The lowest BCUT2D eigenvalue weighted by Crippen LogP contribution is -2.48. The first kappa shape index (κ1) is 25.6. The number of nitrogens with one attached hydrogen (secondary N) is 3. The van der Waals surface area contributed by atoms with Crippen molar-refractivity contribution in [1.29, 1.82) is 0 Å². The number of benzene rings is 1. The number of carbonyl (C=O) groups excluding carboxylic acids is 2. The third kappa shape index (κ3) is 7.38. The molecule has 29 heavy (non-hydrogen) atoms. The van der Waals surface area contributed by atoms with Gasteiger partial charge in [0.1, 0.15) is 5.82 Å². The number of hydrogen-bond donors (Lipinski definition) is 3. The maximum atomic E-state index is 14.1. The molecule has 0 aliphatic carbocycles. The van der Waals surface area contributed by atoms with E-state index in [1.807, 2.05) is 6.92 Å². The first-order valence-corrected chi connectivity index (χ1v) is 9.44. The van der Waals surface area contributed by atoms with E-state index in [0.717, 1.165) is 26.2 Å². The number of amides is 2. The van der Waals surface area contributed by atoms with Crippen LogP contribution in [-0.4, -0.2) is 62.7 Å². The summed E-state index contributed by atoms with van der Waals surface area (Å²) in [6, 6.07) is 4.22. The number of nitrogens with zero attached hydrogens (tertiary/aromatic N) is 1. The fraction of sp³-hybridized carbons (Fsp3) is 0.579. The molecule has 1 aromatic carbocycles. The zero-order chi connectivity index (χ0) is 19.2. The van der Waals surface area contributed by atoms with Gasteiger partial charge in [0.15, 0.2) is 0 Å². The molecule has 7 nitrogen and oxygen atoms in total. The summed E-state index contributed by atoms with van der Waals surface area (Å²) in [7, 11) is 0. The van der Waals surface area contributed by atoms with Gasteiger partial charge in [0.2, 0.25) is 11.8 Å². The second-order valence-electron chi connectivity index (χ2n) is 7.14. The number of anilines is 2. The van der Waals surface area contributed by atoms with Gasteiger partial charge < -0.3 is 20.7 Å². The molecule has 0 bridgehead atoms. The highest BCUT2D eigenvalue weighted by atomic mass is 35.5. The Morgan fingerprint density at radius 2 is 1.93 bits per heavy atom. The number of hydrogen-bond acceptors (Lipinski definition) is 5. The van der Waals surface area contributed by atoms with Crippen LogP contribution in [0.3, 0.4) is 0 Å². The average Bonchev–Trinajstić information content (AvgIpc) is 2.62. The van der Waals surface area contributed by atoms with Crippen LogP contribution in [0.25, 0.3) is 0 Å². The van der Waals surface area contributed by atoms with E-state index in [2.05, 4.69) is 20.9 Å². The molecule has 2 heterocycles. The van der Waals surface area contributed by atoms with Crippen molar-refractivity contribution in [2.24, 2.45) is 11.8 Å². The smallest absolute Gasteiger partial charge is 0.227 e. The summed E-state index contributed by atoms with van der Waals surface area (Å²) in [6.45, 7) is 7.13. The molecule has 2 saturated heterocycles. The molecule has 1 aromatic rings. The van der Waals surface area contributed by atoms with Crippen LogP contribution in [0, 0.1) is 17.7 Å². The lowest BCUT2D eigenvalue weighted by atomic mass is 9.88. The Kier molecular flexibility index (Phi) is 10.8. The molecule has 0 saturated carbocycles. The summed E-state index contributed by atoms with van der Waals surface area (Å²) < 4.78 is 19.3. The van der Waals surface area contributed by atoms with Gasteiger partial charge in [0.05, 0.1) is 18.9 Å². The van der Waals surface area contributed by atoms with Gasteiger partial charge in [-0.15, -0.1) is 24.8 Å². The zero-order valence-corrected chi connectivity index (χ0v) is 18.0. The third-order valence-electron chi connectivity index (χ3n) is 5.20. The monoisotopic (exact) mass is 450 g/mol. The van der Waals surface area contributed by atoms with Gasteiger partial charge in [-0.1, -0.05) is 6.92 Å². The van der Waals surface area contributed by atoms with E-state index in [-0.39, 0.29) is 54.7 Å². The number of morpholine rings is 1. The molecule has 1 atom stereocenters. The molecule has 2 aliphatic heterocycles. The largest absolute Gasteiger partial charge is 0.379 e. The highest BCUT2D eigenvalue weighted by Crippen LogP contribution is 2.22. The van der Waals surface area contributed by atoms with Gasteiger partial charge in [0, 0.05) is 37.7 Å². The Morgan fingerprint density at radius 1 is 1.24 bits per heavy atom. The predicted octanol–water partition coefficient (Wildman–Crippen LogP) is 2.12. The Morgan fingerprint density at radius 3 is 2.55 bits per heavy atom. The molecule has 0 radical (unpaired) electrons. The number of ether oxygens (including phenoxy) is 1. The van der Waals surface area contributed by atoms with Crippen molar-refractivity contribution in [2.45, 2.75) is 13.3 Å². The minimum atomic E-state index is -0.524. The van der Waals surface area contributed by atoms with E-state index in [4.69, 9.17) is 4.74 Å². The summed E-state index contributed by atoms with van der Waals surface area (Å²) >= 11 is 0. The summed E-state index contributed by atoms with van der Waals surface area (Å²) in [5.41, 5.74) is 0.557. The van der Waals surface area contributed by atoms with Gasteiger partial charge in [-0.25, -0.2) is 4.39 Å². The molecule has 3 N–H and O–H groups in total. The van der Waals surface area contributed by atoms with Crippen molar-refractivity contribution in [3.05, 3.63) is 24.0 Å². The third-order valence-corrected chi connectivity index (χ3v) is 5.20. The molecule has 0 spiro atoms. The van der Waals surface area contributed by atoms with Crippen LogP contribution in [0.4, 0.5) is 15.8 Å². The van der Waals surface area contributed by atoms with E-state index in [9.17, 15) is 14.0 Å². The second-order valence-corrected chi connectivity index (χ2v) is 7.14. The molecular formula is C19H29Cl2FN4O3. The van der Waals surface area contributed by atoms with Crippen molar-refractivity contribution in [1.82, 2.24) is 10.2 Å². The highest BCUT2D eigenvalue weighted by Gasteiger charge is 2.28.